The molecule has 0 spiro atoms. The molecule has 0 fully saturated rings. The highest BCUT2D eigenvalue weighted by molar-refractivity contribution is 5.94. The van der Waals surface area contributed by atoms with Gasteiger partial charge in [0.15, 0.2) is 11.5 Å². The Morgan fingerprint density at radius 1 is 0.903 bits per heavy atom. The summed E-state index contributed by atoms with van der Waals surface area (Å²) in [5, 5.41) is 14.1. The summed E-state index contributed by atoms with van der Waals surface area (Å²) in [6.45, 7) is 0.252. The van der Waals surface area contributed by atoms with Crippen LogP contribution in [-0.4, -0.2) is 56.3 Å². The second kappa shape index (κ2) is 9.81. The van der Waals surface area contributed by atoms with Crippen molar-refractivity contribution in [1.82, 2.24) is 15.4 Å². The number of nitrogens with zero attached hydrogens (tertiary/aromatic N) is 2. The molecule has 10 nitrogen and oxygen atoms in total. The van der Waals surface area contributed by atoms with Crippen LogP contribution in [0.3, 0.4) is 0 Å². The third kappa shape index (κ3) is 4.53. The second-order valence-corrected chi connectivity index (χ2v) is 6.44. The molecule has 1 amide bonds. The Hall–Kier alpha value is -3.79. The Labute approximate surface area is 179 Å². The summed E-state index contributed by atoms with van der Waals surface area (Å²) in [5.41, 5.74) is 8.56. The zero-order chi connectivity index (χ0) is 22.4. The third-order valence-corrected chi connectivity index (χ3v) is 4.60. The van der Waals surface area contributed by atoms with Gasteiger partial charge in [-0.25, -0.2) is 0 Å². The molecule has 3 aromatic rings. The lowest BCUT2D eigenvalue weighted by atomic mass is 10.0. The van der Waals surface area contributed by atoms with E-state index in [2.05, 4.69) is 20.7 Å². The molecule has 0 bridgehead atoms. The number of methoxy groups -OCH3 is 4. The first kappa shape index (κ1) is 21.9. The molecule has 3 rings (SSSR count). The van der Waals surface area contributed by atoms with E-state index in [-0.39, 0.29) is 18.9 Å². The molecule has 0 aliphatic carbocycles. The van der Waals surface area contributed by atoms with Crippen molar-refractivity contribution in [2.75, 3.05) is 40.3 Å². The number of aromatic nitrogens is 3. The van der Waals surface area contributed by atoms with Crippen LogP contribution < -0.4 is 30.0 Å². The zero-order valence-electron chi connectivity index (χ0n) is 17.8. The number of carbonyl (C=O) groups is 1. The van der Waals surface area contributed by atoms with Gasteiger partial charge in [0.1, 0.15) is 17.1 Å². The van der Waals surface area contributed by atoms with Gasteiger partial charge in [-0.1, -0.05) is 0 Å². The van der Waals surface area contributed by atoms with Crippen LogP contribution in [0, 0.1) is 0 Å². The Bertz CT molecular complexity index is 1040. The number of ether oxygens (including phenoxy) is 4. The molecule has 0 unspecified atom stereocenters. The van der Waals surface area contributed by atoms with Crippen molar-refractivity contribution in [3.05, 3.63) is 30.3 Å². The topological polar surface area (TPSA) is 134 Å². The SMILES string of the molecule is COc1ccc(-c2n[nH]nc2-c2cc(OC)c(OC)c(OC)c2)cc1NC(=O)CCN. The lowest BCUT2D eigenvalue weighted by molar-refractivity contribution is -0.116. The van der Waals surface area contributed by atoms with Crippen molar-refractivity contribution in [1.29, 1.82) is 0 Å². The molecule has 164 valence electrons. The van der Waals surface area contributed by atoms with Crippen molar-refractivity contribution < 1.29 is 23.7 Å². The molecule has 0 aliphatic rings. The van der Waals surface area contributed by atoms with E-state index in [1.165, 1.54) is 7.11 Å². The van der Waals surface area contributed by atoms with Crippen LogP contribution in [0.2, 0.25) is 0 Å². The molecule has 10 heteroatoms. The number of H-pyrrole nitrogens is 1. The van der Waals surface area contributed by atoms with Gasteiger partial charge in [-0.05, 0) is 30.3 Å². The van der Waals surface area contributed by atoms with Gasteiger partial charge in [0.2, 0.25) is 11.7 Å². The summed E-state index contributed by atoms with van der Waals surface area (Å²) in [5.74, 6) is 1.79. The first-order valence-corrected chi connectivity index (χ1v) is 9.45. The molecule has 0 radical (unpaired) electrons. The molecule has 4 N–H and O–H groups in total. The van der Waals surface area contributed by atoms with Crippen LogP contribution in [0.25, 0.3) is 22.5 Å². The van der Waals surface area contributed by atoms with Crippen molar-refractivity contribution in [3.63, 3.8) is 0 Å². The maximum atomic E-state index is 12.0. The molecule has 2 aromatic carbocycles. The molecule has 1 aromatic heterocycles. The maximum absolute atomic E-state index is 12.0. The summed E-state index contributed by atoms with van der Waals surface area (Å²) < 4.78 is 21.6. The smallest absolute Gasteiger partial charge is 0.225 e. The van der Waals surface area contributed by atoms with Gasteiger partial charge in [-0.3, -0.25) is 4.79 Å². The Morgan fingerprint density at radius 2 is 1.52 bits per heavy atom. The van der Waals surface area contributed by atoms with E-state index in [9.17, 15) is 4.79 Å². The molecule has 0 saturated carbocycles. The van der Waals surface area contributed by atoms with E-state index in [1.54, 1.807) is 45.6 Å². The monoisotopic (exact) mass is 427 g/mol. The summed E-state index contributed by atoms with van der Waals surface area (Å²) in [4.78, 5) is 12.0. The standard InChI is InChI=1S/C21H25N5O5/c1-28-15-6-5-12(9-14(15)23-18(27)7-8-22)19-20(25-26-24-19)13-10-16(29-2)21(31-4)17(11-13)30-3/h5-6,9-11H,7-8,22H2,1-4H3,(H,23,27)(H,24,25,26). The fourth-order valence-electron chi connectivity index (χ4n) is 3.15. The average Bonchev–Trinajstić information content (AvgIpc) is 3.28. The van der Waals surface area contributed by atoms with E-state index < -0.39 is 0 Å². The number of carbonyl (C=O) groups excluding carboxylic acids is 1. The summed E-state index contributed by atoms with van der Waals surface area (Å²) in [7, 11) is 6.17. The lowest BCUT2D eigenvalue weighted by Crippen LogP contribution is -2.16. The minimum atomic E-state index is -0.206. The molecule has 0 saturated heterocycles. The normalized spacial score (nSPS) is 10.5. The van der Waals surface area contributed by atoms with E-state index in [0.29, 0.717) is 45.6 Å². The van der Waals surface area contributed by atoms with Crippen molar-refractivity contribution in [2.45, 2.75) is 6.42 Å². The lowest BCUT2D eigenvalue weighted by Gasteiger charge is -2.14. The largest absolute Gasteiger partial charge is 0.495 e. The Kier molecular flexibility index (Phi) is 6.93. The number of nitrogens with two attached hydrogens (primary N) is 1. The van der Waals surface area contributed by atoms with Crippen molar-refractivity contribution in [3.8, 4) is 45.5 Å². The molecule has 1 heterocycles. The van der Waals surface area contributed by atoms with Gasteiger partial charge in [0, 0.05) is 24.1 Å². The van der Waals surface area contributed by atoms with Crippen LogP contribution in [-0.2, 0) is 4.79 Å². The van der Waals surface area contributed by atoms with Crippen LogP contribution in [0.4, 0.5) is 5.69 Å². The van der Waals surface area contributed by atoms with Gasteiger partial charge in [-0.15, -0.1) is 0 Å². The predicted octanol–water partition coefficient (Wildman–Crippen LogP) is 2.46. The van der Waals surface area contributed by atoms with Crippen molar-refractivity contribution >= 4 is 11.6 Å². The van der Waals surface area contributed by atoms with Gasteiger partial charge in [0.05, 0.1) is 34.1 Å². The van der Waals surface area contributed by atoms with Crippen molar-refractivity contribution in [2.24, 2.45) is 5.73 Å². The van der Waals surface area contributed by atoms with Crippen LogP contribution in [0.1, 0.15) is 6.42 Å². The molecule has 31 heavy (non-hydrogen) atoms. The summed E-state index contributed by atoms with van der Waals surface area (Å²) in [6, 6.07) is 8.93. The number of hydrogen-bond donors (Lipinski definition) is 3. The van der Waals surface area contributed by atoms with Gasteiger partial charge >= 0.3 is 0 Å². The fourth-order valence-corrected chi connectivity index (χ4v) is 3.15. The highest BCUT2D eigenvalue weighted by Crippen LogP contribution is 2.42. The molecular weight excluding hydrogens is 402 g/mol. The average molecular weight is 427 g/mol. The third-order valence-electron chi connectivity index (χ3n) is 4.60. The minimum Gasteiger partial charge on any atom is -0.495 e. The van der Waals surface area contributed by atoms with E-state index in [1.807, 2.05) is 6.07 Å². The quantitative estimate of drug-likeness (QED) is 0.474. The van der Waals surface area contributed by atoms with E-state index in [0.717, 1.165) is 5.56 Å². The number of benzene rings is 2. The first-order valence-electron chi connectivity index (χ1n) is 9.45. The molecule has 0 aliphatic heterocycles. The van der Waals surface area contributed by atoms with Gasteiger partial charge < -0.3 is 30.0 Å². The Morgan fingerprint density at radius 3 is 2.06 bits per heavy atom. The predicted molar refractivity (Wildman–Crippen MR) is 116 cm³/mol. The summed E-state index contributed by atoms with van der Waals surface area (Å²) >= 11 is 0. The maximum Gasteiger partial charge on any atom is 0.225 e. The first-order chi connectivity index (χ1) is 15.1. The highest BCUT2D eigenvalue weighted by atomic mass is 16.5. The van der Waals surface area contributed by atoms with Gasteiger partial charge in [-0.2, -0.15) is 15.4 Å². The number of rotatable bonds is 9. The minimum absolute atomic E-state index is 0.202. The van der Waals surface area contributed by atoms with Crippen LogP contribution in [0.5, 0.6) is 23.0 Å². The van der Waals surface area contributed by atoms with Crippen LogP contribution >= 0.6 is 0 Å². The number of amides is 1. The number of hydrogen-bond acceptors (Lipinski definition) is 8. The zero-order valence-corrected chi connectivity index (χ0v) is 17.8. The number of aromatic amines is 1. The number of anilines is 1. The molecule has 0 atom stereocenters. The molecular formula is C21H25N5O5. The van der Waals surface area contributed by atoms with E-state index >= 15 is 0 Å². The highest BCUT2D eigenvalue weighted by Gasteiger charge is 2.20. The van der Waals surface area contributed by atoms with Crippen LogP contribution in [0.15, 0.2) is 30.3 Å². The Balaban J connectivity index is 2.07. The fraction of sp³-hybridized carbons (Fsp3) is 0.286. The van der Waals surface area contributed by atoms with E-state index in [4.69, 9.17) is 24.7 Å². The number of nitrogens with one attached hydrogen (secondary N) is 2. The van der Waals surface area contributed by atoms with Gasteiger partial charge in [0.25, 0.3) is 0 Å². The summed E-state index contributed by atoms with van der Waals surface area (Å²) in [6.07, 6.45) is 0.202. The second-order valence-electron chi connectivity index (χ2n) is 6.44.